The molecule has 0 fully saturated rings. The van der Waals surface area contributed by atoms with Crippen molar-refractivity contribution in [2.45, 2.75) is 17.2 Å². The van der Waals surface area contributed by atoms with Crippen molar-refractivity contribution >= 4 is 27.7 Å². The summed E-state index contributed by atoms with van der Waals surface area (Å²) in [6, 6.07) is 4.96. The van der Waals surface area contributed by atoms with Gasteiger partial charge >= 0.3 is 0 Å². The Hall–Kier alpha value is -0.0900. The van der Waals surface area contributed by atoms with Gasteiger partial charge < -0.3 is 0 Å². The second-order valence-corrected chi connectivity index (χ2v) is 4.88. The average Bonchev–Trinajstić information content (AvgIpc) is 2.06. The Morgan fingerprint density at radius 2 is 2.15 bits per heavy atom. The highest BCUT2D eigenvalue weighted by molar-refractivity contribution is 9.10. The van der Waals surface area contributed by atoms with Gasteiger partial charge in [0.05, 0.1) is 0 Å². The van der Waals surface area contributed by atoms with Gasteiger partial charge in [0, 0.05) is 27.1 Å². The van der Waals surface area contributed by atoms with Gasteiger partial charge in [0.2, 0.25) is 0 Å². The zero-order chi connectivity index (χ0) is 9.47. The van der Waals surface area contributed by atoms with Crippen LogP contribution in [0.15, 0.2) is 27.6 Å². The molecule has 0 atom stereocenters. The topological polar surface area (TPSA) is 0 Å². The van der Waals surface area contributed by atoms with E-state index in [9.17, 15) is 8.78 Å². The fourth-order valence-electron chi connectivity index (χ4n) is 1.36. The van der Waals surface area contributed by atoms with Crippen LogP contribution >= 0.6 is 27.7 Å². The molecule has 0 spiro atoms. The Kier molecular flexibility index (Phi) is 2.36. The predicted octanol–water partition coefficient (Wildman–Crippen LogP) is 4.04. The summed E-state index contributed by atoms with van der Waals surface area (Å²) in [5.41, 5.74) is 0.165. The van der Waals surface area contributed by atoms with E-state index < -0.39 is 5.92 Å². The maximum absolute atomic E-state index is 13.3. The maximum atomic E-state index is 13.3. The molecule has 0 unspecified atom stereocenters. The van der Waals surface area contributed by atoms with E-state index in [1.54, 1.807) is 12.1 Å². The molecule has 1 aliphatic rings. The third-order valence-corrected chi connectivity index (χ3v) is 4.08. The molecule has 1 aliphatic heterocycles. The first-order chi connectivity index (χ1) is 6.11. The molecule has 0 nitrogen and oxygen atoms in total. The number of alkyl halides is 2. The van der Waals surface area contributed by atoms with E-state index in [1.165, 1.54) is 17.8 Å². The lowest BCUT2D eigenvalue weighted by Crippen LogP contribution is -2.19. The van der Waals surface area contributed by atoms with Crippen LogP contribution in [0.3, 0.4) is 0 Å². The van der Waals surface area contributed by atoms with Gasteiger partial charge in [-0.25, -0.2) is 8.78 Å². The molecule has 1 heterocycles. The monoisotopic (exact) mass is 264 g/mol. The van der Waals surface area contributed by atoms with Crippen molar-refractivity contribution in [2.75, 3.05) is 5.75 Å². The molecule has 2 rings (SSSR count). The van der Waals surface area contributed by atoms with Gasteiger partial charge in [-0.05, 0) is 22.0 Å². The molecule has 4 heteroatoms. The molecule has 0 radical (unpaired) electrons. The number of thioether (sulfide) groups is 1. The molecule has 0 bridgehead atoms. The Labute approximate surface area is 87.8 Å². The van der Waals surface area contributed by atoms with E-state index in [4.69, 9.17) is 0 Å². The van der Waals surface area contributed by atoms with Crippen molar-refractivity contribution < 1.29 is 8.78 Å². The van der Waals surface area contributed by atoms with E-state index in [2.05, 4.69) is 15.9 Å². The molecule has 0 saturated carbocycles. The van der Waals surface area contributed by atoms with Crippen molar-refractivity contribution in [3.63, 3.8) is 0 Å². The van der Waals surface area contributed by atoms with Gasteiger partial charge in [0.1, 0.15) is 0 Å². The van der Waals surface area contributed by atoms with Crippen LogP contribution in [0.2, 0.25) is 0 Å². The lowest BCUT2D eigenvalue weighted by atomic mass is 10.1. The Balaban J connectivity index is 2.58. The number of halogens is 3. The summed E-state index contributed by atoms with van der Waals surface area (Å²) in [6.45, 7) is 0. The third kappa shape index (κ3) is 1.62. The summed E-state index contributed by atoms with van der Waals surface area (Å²) in [5.74, 6) is -2.16. The van der Waals surface area contributed by atoms with Gasteiger partial charge in [0.25, 0.3) is 5.92 Å². The van der Waals surface area contributed by atoms with Crippen LogP contribution in [0.1, 0.15) is 12.0 Å². The second-order valence-electron chi connectivity index (χ2n) is 2.92. The molecular formula is C9H7BrF2S. The minimum Gasteiger partial charge on any atom is -0.201 e. The number of fused-ring (bicyclic) bond motifs is 1. The number of benzene rings is 1. The molecule has 0 aromatic heterocycles. The summed E-state index contributed by atoms with van der Waals surface area (Å²) < 4.78 is 27.5. The predicted molar refractivity (Wildman–Crippen MR) is 53.4 cm³/mol. The van der Waals surface area contributed by atoms with Gasteiger partial charge in [-0.15, -0.1) is 11.8 Å². The van der Waals surface area contributed by atoms with Crippen LogP contribution in [-0.2, 0) is 5.92 Å². The Morgan fingerprint density at radius 3 is 2.85 bits per heavy atom. The zero-order valence-electron chi connectivity index (χ0n) is 6.69. The van der Waals surface area contributed by atoms with Crippen LogP contribution in [0, 0.1) is 0 Å². The summed E-state index contributed by atoms with van der Waals surface area (Å²) in [5, 5.41) is 0. The summed E-state index contributed by atoms with van der Waals surface area (Å²) in [4.78, 5) is 0.693. The van der Waals surface area contributed by atoms with E-state index in [0.29, 0.717) is 10.6 Å². The van der Waals surface area contributed by atoms with Gasteiger partial charge in [-0.2, -0.15) is 0 Å². The van der Waals surface area contributed by atoms with E-state index in [-0.39, 0.29) is 12.0 Å². The van der Waals surface area contributed by atoms with E-state index in [0.717, 1.165) is 4.47 Å². The van der Waals surface area contributed by atoms with Crippen molar-refractivity contribution in [3.8, 4) is 0 Å². The van der Waals surface area contributed by atoms with Crippen LogP contribution in [-0.4, -0.2) is 5.75 Å². The second kappa shape index (κ2) is 3.24. The fourth-order valence-corrected chi connectivity index (χ4v) is 3.21. The standard InChI is InChI=1S/C9H7BrF2S/c10-7-3-1-2-6-8(7)13-5-4-9(6,11)12/h1-3H,4-5H2. The minimum atomic E-state index is -2.65. The van der Waals surface area contributed by atoms with Crippen molar-refractivity contribution in [3.05, 3.63) is 28.2 Å². The quantitative estimate of drug-likeness (QED) is 0.682. The highest BCUT2D eigenvalue weighted by Crippen LogP contribution is 2.46. The molecule has 0 aliphatic carbocycles. The van der Waals surface area contributed by atoms with Gasteiger partial charge in [-0.1, -0.05) is 12.1 Å². The molecule has 0 N–H and O–H groups in total. The third-order valence-electron chi connectivity index (χ3n) is 2.02. The molecule has 0 amide bonds. The van der Waals surface area contributed by atoms with Crippen LogP contribution in [0.4, 0.5) is 8.78 Å². The summed E-state index contributed by atoms with van der Waals surface area (Å²) in [7, 11) is 0. The first-order valence-corrected chi connectivity index (χ1v) is 5.69. The van der Waals surface area contributed by atoms with E-state index >= 15 is 0 Å². The number of hydrogen-bond acceptors (Lipinski definition) is 1. The summed E-state index contributed by atoms with van der Waals surface area (Å²) in [6.07, 6.45) is -0.0544. The Morgan fingerprint density at radius 1 is 1.38 bits per heavy atom. The normalized spacial score (nSPS) is 19.6. The molecule has 1 aromatic rings. The maximum Gasteiger partial charge on any atom is 0.275 e. The van der Waals surface area contributed by atoms with Crippen LogP contribution in [0.5, 0.6) is 0 Å². The molecule has 1 aromatic carbocycles. The number of rotatable bonds is 0. The van der Waals surface area contributed by atoms with Crippen LogP contribution in [0.25, 0.3) is 0 Å². The highest BCUT2D eigenvalue weighted by Gasteiger charge is 2.37. The minimum absolute atomic E-state index is 0.0544. The first kappa shape index (κ1) is 9.46. The lowest BCUT2D eigenvalue weighted by Gasteiger charge is -2.25. The lowest BCUT2D eigenvalue weighted by molar-refractivity contribution is -0.0116. The smallest absolute Gasteiger partial charge is 0.201 e. The zero-order valence-corrected chi connectivity index (χ0v) is 9.09. The van der Waals surface area contributed by atoms with Gasteiger partial charge in [-0.3, -0.25) is 0 Å². The molecule has 13 heavy (non-hydrogen) atoms. The fraction of sp³-hybridized carbons (Fsp3) is 0.333. The highest BCUT2D eigenvalue weighted by atomic mass is 79.9. The Bertz CT molecular complexity index is 338. The molecule has 70 valence electrons. The summed E-state index contributed by atoms with van der Waals surface area (Å²) >= 11 is 4.77. The van der Waals surface area contributed by atoms with Crippen molar-refractivity contribution in [1.82, 2.24) is 0 Å². The SMILES string of the molecule is FC1(F)CCSc2c(Br)cccc21. The first-order valence-electron chi connectivity index (χ1n) is 3.91. The van der Waals surface area contributed by atoms with E-state index in [1.807, 2.05) is 0 Å². The largest absolute Gasteiger partial charge is 0.275 e. The molecular weight excluding hydrogens is 258 g/mol. The van der Waals surface area contributed by atoms with Crippen LogP contribution < -0.4 is 0 Å². The van der Waals surface area contributed by atoms with Gasteiger partial charge in [0.15, 0.2) is 0 Å². The van der Waals surface area contributed by atoms with Crippen molar-refractivity contribution in [2.24, 2.45) is 0 Å². The average molecular weight is 265 g/mol. The molecule has 0 saturated heterocycles. The number of hydrogen-bond donors (Lipinski definition) is 0. The van der Waals surface area contributed by atoms with Crippen molar-refractivity contribution in [1.29, 1.82) is 0 Å².